The summed E-state index contributed by atoms with van der Waals surface area (Å²) in [6, 6.07) is 21.7. The largest absolute Gasteiger partial charge is 0.356 e. The van der Waals surface area contributed by atoms with Gasteiger partial charge in [0.25, 0.3) is 0 Å². The smallest absolute Gasteiger partial charge is 0.101 e. The summed E-state index contributed by atoms with van der Waals surface area (Å²) < 4.78 is 12.2. The summed E-state index contributed by atoms with van der Waals surface area (Å²) in [5.41, 5.74) is 2.51. The monoisotopic (exact) mass is 338 g/mol. The van der Waals surface area contributed by atoms with Crippen molar-refractivity contribution in [1.29, 1.82) is 0 Å². The Morgan fingerprint density at radius 3 is 1.52 bits per heavy atom. The molecule has 0 spiro atoms. The normalized spacial score (nSPS) is 30.8. The molecule has 25 heavy (non-hydrogen) atoms. The molecule has 0 N–H and O–H groups in total. The summed E-state index contributed by atoms with van der Waals surface area (Å²) in [5.74, 6) is 0. The summed E-state index contributed by atoms with van der Waals surface area (Å²) in [5, 5.41) is 0. The molecule has 2 saturated heterocycles. The first kappa shape index (κ1) is 16.7. The van der Waals surface area contributed by atoms with Crippen LogP contribution in [0.3, 0.4) is 0 Å². The molecule has 2 heterocycles. The molecule has 4 heteroatoms. The summed E-state index contributed by atoms with van der Waals surface area (Å²) in [6.45, 7) is 6.71. The van der Waals surface area contributed by atoms with Crippen molar-refractivity contribution in [2.75, 3.05) is 20.1 Å². The molecule has 0 amide bonds. The maximum atomic E-state index is 6.08. The van der Waals surface area contributed by atoms with Crippen molar-refractivity contribution in [3.8, 4) is 0 Å². The first-order valence-corrected chi connectivity index (χ1v) is 9.05. The first-order chi connectivity index (χ1) is 12.2. The molecule has 132 valence electrons. The third kappa shape index (κ3) is 3.35. The lowest BCUT2D eigenvalue weighted by Crippen LogP contribution is -2.42. The van der Waals surface area contributed by atoms with E-state index in [1.165, 1.54) is 11.1 Å². The predicted molar refractivity (Wildman–Crippen MR) is 97.7 cm³/mol. The van der Waals surface area contributed by atoms with Crippen LogP contribution in [0.4, 0.5) is 0 Å². The fraction of sp³-hybridized carbons (Fsp3) is 0.429. The Hall–Kier alpha value is -1.72. The highest BCUT2D eigenvalue weighted by Crippen LogP contribution is 2.34. The van der Waals surface area contributed by atoms with Gasteiger partial charge in [-0.1, -0.05) is 60.7 Å². The molecule has 4 rings (SSSR count). The number of hydrogen-bond acceptors (Lipinski definition) is 4. The van der Waals surface area contributed by atoms with Crippen LogP contribution in [0.1, 0.15) is 37.2 Å². The zero-order chi connectivity index (χ0) is 17.2. The van der Waals surface area contributed by atoms with Crippen LogP contribution in [0.2, 0.25) is 0 Å². The van der Waals surface area contributed by atoms with E-state index in [9.17, 15) is 0 Å². The quantitative estimate of drug-likeness (QED) is 0.847. The van der Waals surface area contributed by atoms with Gasteiger partial charge >= 0.3 is 0 Å². The molecule has 2 aliphatic heterocycles. The average Bonchev–Trinajstić information content (AvgIpc) is 3.20. The maximum Gasteiger partial charge on any atom is 0.101 e. The molecule has 2 aliphatic rings. The van der Waals surface area contributed by atoms with Gasteiger partial charge in [-0.15, -0.1) is 0 Å². The molecule has 2 aromatic rings. The average molecular weight is 338 g/mol. The van der Waals surface area contributed by atoms with E-state index < -0.39 is 0 Å². The standard InChI is InChI=1S/C21H26N2O2/c1-16-20(18-9-5-3-6-10-18)24-14-22(16)13-23-15-25-21(17(23)2)19-11-7-4-8-12-19/h3-12,16-17,20-21H,13-15H2,1-2H3/t16-,17-,20-,21-/m1/s1. The van der Waals surface area contributed by atoms with Crippen molar-refractivity contribution in [1.82, 2.24) is 9.80 Å². The lowest BCUT2D eigenvalue weighted by atomic mass is 10.0. The first-order valence-electron chi connectivity index (χ1n) is 9.05. The van der Waals surface area contributed by atoms with E-state index in [0.29, 0.717) is 25.5 Å². The Balaban J connectivity index is 1.40. The van der Waals surface area contributed by atoms with Crippen molar-refractivity contribution in [2.24, 2.45) is 0 Å². The van der Waals surface area contributed by atoms with Crippen LogP contribution < -0.4 is 0 Å². The second kappa shape index (κ2) is 7.26. The molecule has 2 aromatic carbocycles. The lowest BCUT2D eigenvalue weighted by molar-refractivity contribution is 0.0457. The second-order valence-corrected chi connectivity index (χ2v) is 7.05. The maximum absolute atomic E-state index is 6.08. The van der Waals surface area contributed by atoms with Crippen molar-refractivity contribution in [3.05, 3.63) is 71.8 Å². The van der Waals surface area contributed by atoms with Gasteiger partial charge < -0.3 is 9.47 Å². The Morgan fingerprint density at radius 1 is 0.720 bits per heavy atom. The molecule has 0 saturated carbocycles. The fourth-order valence-corrected chi connectivity index (χ4v) is 3.86. The summed E-state index contributed by atoms with van der Waals surface area (Å²) >= 11 is 0. The number of hydrogen-bond donors (Lipinski definition) is 0. The number of nitrogens with zero attached hydrogens (tertiary/aromatic N) is 2. The van der Waals surface area contributed by atoms with E-state index in [2.05, 4.69) is 72.2 Å². The molecular formula is C21H26N2O2. The van der Waals surface area contributed by atoms with E-state index in [1.807, 2.05) is 12.1 Å². The SMILES string of the molecule is C[C@@H]1[C@H](c2ccccc2)OCN1CN1CO[C@@H](c2ccccc2)[C@H]1C. The minimum Gasteiger partial charge on any atom is -0.356 e. The van der Waals surface area contributed by atoms with E-state index in [1.54, 1.807) is 0 Å². The van der Waals surface area contributed by atoms with Gasteiger partial charge in [-0.05, 0) is 25.0 Å². The van der Waals surface area contributed by atoms with Crippen LogP contribution in [-0.4, -0.2) is 42.0 Å². The predicted octanol–water partition coefficient (Wildman–Crippen LogP) is 3.78. The number of ether oxygens (including phenoxy) is 2. The van der Waals surface area contributed by atoms with Crippen LogP contribution in [0, 0.1) is 0 Å². The summed E-state index contributed by atoms with van der Waals surface area (Å²) in [6.07, 6.45) is 0.287. The summed E-state index contributed by atoms with van der Waals surface area (Å²) in [7, 11) is 0. The fourth-order valence-electron chi connectivity index (χ4n) is 3.86. The highest BCUT2D eigenvalue weighted by Gasteiger charge is 2.38. The van der Waals surface area contributed by atoms with Crippen LogP contribution >= 0.6 is 0 Å². The Morgan fingerprint density at radius 2 is 1.12 bits per heavy atom. The Bertz CT molecular complexity index is 619. The van der Waals surface area contributed by atoms with Crippen LogP contribution in [0.25, 0.3) is 0 Å². The van der Waals surface area contributed by atoms with Gasteiger partial charge in [-0.25, -0.2) is 0 Å². The van der Waals surface area contributed by atoms with Gasteiger partial charge in [-0.2, -0.15) is 0 Å². The third-order valence-corrected chi connectivity index (χ3v) is 5.49. The molecule has 0 radical (unpaired) electrons. The van der Waals surface area contributed by atoms with Crippen molar-refractivity contribution >= 4 is 0 Å². The van der Waals surface area contributed by atoms with E-state index >= 15 is 0 Å². The zero-order valence-corrected chi connectivity index (χ0v) is 14.9. The Labute approximate surface area is 150 Å². The van der Waals surface area contributed by atoms with Gasteiger partial charge in [-0.3, -0.25) is 9.80 Å². The summed E-state index contributed by atoms with van der Waals surface area (Å²) in [4.78, 5) is 4.79. The molecule has 4 nitrogen and oxygen atoms in total. The number of rotatable bonds is 4. The third-order valence-electron chi connectivity index (χ3n) is 5.49. The van der Waals surface area contributed by atoms with Gasteiger partial charge in [0.05, 0.1) is 18.9 Å². The van der Waals surface area contributed by atoms with E-state index in [-0.39, 0.29) is 12.2 Å². The highest BCUT2D eigenvalue weighted by molar-refractivity contribution is 5.21. The van der Waals surface area contributed by atoms with Crippen LogP contribution in [0.5, 0.6) is 0 Å². The van der Waals surface area contributed by atoms with Gasteiger partial charge in [0.2, 0.25) is 0 Å². The number of benzene rings is 2. The van der Waals surface area contributed by atoms with Crippen LogP contribution in [-0.2, 0) is 9.47 Å². The molecular weight excluding hydrogens is 312 g/mol. The van der Waals surface area contributed by atoms with E-state index in [0.717, 1.165) is 6.67 Å². The molecule has 0 bridgehead atoms. The molecule has 2 fully saturated rings. The Kier molecular flexibility index (Phi) is 4.86. The van der Waals surface area contributed by atoms with Crippen molar-refractivity contribution < 1.29 is 9.47 Å². The van der Waals surface area contributed by atoms with E-state index in [4.69, 9.17) is 9.47 Å². The molecule has 0 unspecified atom stereocenters. The van der Waals surface area contributed by atoms with Gasteiger partial charge in [0.15, 0.2) is 0 Å². The molecule has 0 aliphatic carbocycles. The topological polar surface area (TPSA) is 24.9 Å². The van der Waals surface area contributed by atoms with Gasteiger partial charge in [0, 0.05) is 12.1 Å². The van der Waals surface area contributed by atoms with Gasteiger partial charge in [0.1, 0.15) is 13.5 Å². The van der Waals surface area contributed by atoms with Crippen LogP contribution in [0.15, 0.2) is 60.7 Å². The minimum atomic E-state index is 0.143. The molecule has 0 aromatic heterocycles. The zero-order valence-electron chi connectivity index (χ0n) is 14.9. The van der Waals surface area contributed by atoms with Crippen molar-refractivity contribution in [2.45, 2.75) is 38.1 Å². The molecule has 4 atom stereocenters. The van der Waals surface area contributed by atoms with Crippen molar-refractivity contribution in [3.63, 3.8) is 0 Å². The highest BCUT2D eigenvalue weighted by atomic mass is 16.5. The second-order valence-electron chi connectivity index (χ2n) is 7.05. The minimum absolute atomic E-state index is 0.143. The lowest BCUT2D eigenvalue weighted by Gasteiger charge is -2.29.